The van der Waals surface area contributed by atoms with E-state index in [9.17, 15) is 0 Å². The average Bonchev–Trinajstić information content (AvgIpc) is 2.44. The summed E-state index contributed by atoms with van der Waals surface area (Å²) in [5, 5.41) is 0.579. The van der Waals surface area contributed by atoms with Crippen LogP contribution in [-0.4, -0.2) is 21.1 Å². The summed E-state index contributed by atoms with van der Waals surface area (Å²) in [6, 6.07) is 8.61. The van der Waals surface area contributed by atoms with Crippen LogP contribution < -0.4 is 16.0 Å². The molecule has 0 aliphatic rings. The van der Waals surface area contributed by atoms with E-state index in [1.165, 1.54) is 22.9 Å². The molecule has 7 heteroatoms. The highest BCUT2D eigenvalue weighted by molar-refractivity contribution is 7.98. The molecule has 21 heavy (non-hydrogen) atoms. The molecular weight excluding hydrogens is 286 g/mol. The van der Waals surface area contributed by atoms with Crippen molar-refractivity contribution < 1.29 is 4.74 Å². The molecule has 0 spiro atoms. The molecule has 0 atom stereocenters. The van der Waals surface area contributed by atoms with Crippen molar-refractivity contribution in [2.24, 2.45) is 5.84 Å². The Morgan fingerprint density at radius 1 is 1.29 bits per heavy atom. The van der Waals surface area contributed by atoms with Gasteiger partial charge in [-0.25, -0.2) is 5.84 Å². The third kappa shape index (κ3) is 4.87. The Bertz CT molecular complexity index is 606. The van der Waals surface area contributed by atoms with Crippen LogP contribution in [0.3, 0.4) is 0 Å². The van der Waals surface area contributed by atoms with Crippen molar-refractivity contribution in [3.05, 3.63) is 35.4 Å². The number of hydrogen-bond acceptors (Lipinski definition) is 7. The monoisotopic (exact) mass is 305 g/mol. The Labute approximate surface area is 128 Å². The quantitative estimate of drug-likeness (QED) is 0.482. The van der Waals surface area contributed by atoms with Gasteiger partial charge < -0.3 is 4.74 Å². The number of benzene rings is 1. The Morgan fingerprint density at radius 2 is 2.10 bits per heavy atom. The average molecular weight is 305 g/mol. The van der Waals surface area contributed by atoms with Gasteiger partial charge in [0.2, 0.25) is 5.95 Å². The number of rotatable bonds is 6. The number of hydrazine groups is 1. The van der Waals surface area contributed by atoms with Gasteiger partial charge in [0.05, 0.1) is 6.10 Å². The van der Waals surface area contributed by atoms with Crippen molar-refractivity contribution in [1.82, 2.24) is 15.0 Å². The van der Waals surface area contributed by atoms with Crippen molar-refractivity contribution in [2.75, 3.05) is 5.43 Å². The first-order valence-electron chi connectivity index (χ1n) is 6.64. The maximum absolute atomic E-state index is 5.50. The first-order valence-corrected chi connectivity index (χ1v) is 7.63. The molecule has 0 bridgehead atoms. The third-order valence-electron chi connectivity index (χ3n) is 2.52. The number of nitrogens with one attached hydrogen (secondary N) is 1. The fraction of sp³-hybridized carbons (Fsp3) is 0.357. The lowest BCUT2D eigenvalue weighted by atomic mass is 10.2. The zero-order valence-electron chi connectivity index (χ0n) is 12.3. The lowest BCUT2D eigenvalue weighted by molar-refractivity contribution is 0.219. The van der Waals surface area contributed by atoms with E-state index in [0.29, 0.717) is 11.1 Å². The van der Waals surface area contributed by atoms with Crippen LogP contribution >= 0.6 is 11.8 Å². The summed E-state index contributed by atoms with van der Waals surface area (Å²) in [6.45, 7) is 5.90. The highest BCUT2D eigenvalue weighted by atomic mass is 32.2. The number of nitrogens with two attached hydrogens (primary N) is 1. The van der Waals surface area contributed by atoms with Crippen LogP contribution in [0, 0.1) is 6.92 Å². The van der Waals surface area contributed by atoms with Gasteiger partial charge in [0, 0.05) is 5.75 Å². The fourth-order valence-electron chi connectivity index (χ4n) is 1.68. The zero-order chi connectivity index (χ0) is 15.2. The predicted octanol–water partition coefficient (Wildman–Crippen LogP) is 2.55. The third-order valence-corrected chi connectivity index (χ3v) is 3.43. The second-order valence-corrected chi connectivity index (χ2v) is 5.76. The highest BCUT2D eigenvalue weighted by Crippen LogP contribution is 2.22. The van der Waals surface area contributed by atoms with E-state index in [1.807, 2.05) is 19.9 Å². The van der Waals surface area contributed by atoms with Crippen LogP contribution in [0.5, 0.6) is 6.01 Å². The number of aromatic nitrogens is 3. The summed E-state index contributed by atoms with van der Waals surface area (Å²) in [4.78, 5) is 12.6. The number of nitrogen functional groups attached to an aromatic ring is 1. The van der Waals surface area contributed by atoms with Gasteiger partial charge in [0.1, 0.15) is 0 Å². The lowest BCUT2D eigenvalue weighted by Crippen LogP contribution is -2.15. The van der Waals surface area contributed by atoms with Gasteiger partial charge in [-0.2, -0.15) is 15.0 Å². The topological polar surface area (TPSA) is 86.0 Å². The normalized spacial score (nSPS) is 10.7. The van der Waals surface area contributed by atoms with E-state index in [2.05, 4.69) is 45.5 Å². The lowest BCUT2D eigenvalue weighted by Gasteiger charge is -2.10. The smallest absolute Gasteiger partial charge is 0.322 e. The van der Waals surface area contributed by atoms with Crippen LogP contribution in [0.2, 0.25) is 0 Å². The Kier molecular flexibility index (Phi) is 5.35. The molecule has 0 saturated heterocycles. The molecule has 0 fully saturated rings. The van der Waals surface area contributed by atoms with Crippen molar-refractivity contribution >= 4 is 17.7 Å². The summed E-state index contributed by atoms with van der Waals surface area (Å²) < 4.78 is 5.50. The molecule has 0 amide bonds. The van der Waals surface area contributed by atoms with Crippen LogP contribution in [0.15, 0.2) is 29.4 Å². The molecule has 112 valence electrons. The highest BCUT2D eigenvalue weighted by Gasteiger charge is 2.09. The molecule has 0 aliphatic heterocycles. The summed E-state index contributed by atoms with van der Waals surface area (Å²) in [6.07, 6.45) is -0.00681. The van der Waals surface area contributed by atoms with E-state index in [-0.39, 0.29) is 12.1 Å². The molecule has 1 heterocycles. The second kappa shape index (κ2) is 7.24. The van der Waals surface area contributed by atoms with Crippen molar-refractivity contribution in [1.29, 1.82) is 0 Å². The van der Waals surface area contributed by atoms with Gasteiger partial charge in [0.25, 0.3) is 0 Å². The SMILES string of the molecule is Cc1cccc(CSc2nc(NN)nc(OC(C)C)n2)c1. The largest absolute Gasteiger partial charge is 0.461 e. The molecule has 1 aromatic carbocycles. The summed E-state index contributed by atoms with van der Waals surface area (Å²) in [5.41, 5.74) is 4.88. The van der Waals surface area contributed by atoms with Gasteiger partial charge in [-0.15, -0.1) is 0 Å². The number of thioether (sulfide) groups is 1. The summed E-state index contributed by atoms with van der Waals surface area (Å²) >= 11 is 1.52. The second-order valence-electron chi connectivity index (χ2n) is 4.81. The van der Waals surface area contributed by atoms with Crippen LogP contribution in [0.25, 0.3) is 0 Å². The maximum Gasteiger partial charge on any atom is 0.322 e. The van der Waals surface area contributed by atoms with Gasteiger partial charge in [0.15, 0.2) is 5.16 Å². The molecule has 0 saturated carbocycles. The van der Waals surface area contributed by atoms with E-state index in [4.69, 9.17) is 10.6 Å². The number of hydrogen-bond donors (Lipinski definition) is 2. The van der Waals surface area contributed by atoms with Gasteiger partial charge >= 0.3 is 6.01 Å². The Balaban J connectivity index is 2.11. The van der Waals surface area contributed by atoms with Crippen LogP contribution in [0.1, 0.15) is 25.0 Å². The van der Waals surface area contributed by atoms with Crippen LogP contribution in [0.4, 0.5) is 5.95 Å². The predicted molar refractivity (Wildman–Crippen MR) is 84.1 cm³/mol. The molecule has 6 nitrogen and oxygen atoms in total. The molecular formula is C14H19N5OS. The van der Waals surface area contributed by atoms with Crippen molar-refractivity contribution in [3.8, 4) is 6.01 Å². The van der Waals surface area contributed by atoms with Gasteiger partial charge in [-0.05, 0) is 26.3 Å². The minimum Gasteiger partial charge on any atom is -0.461 e. The van der Waals surface area contributed by atoms with E-state index in [1.54, 1.807) is 0 Å². The molecule has 1 aromatic heterocycles. The first-order chi connectivity index (χ1) is 10.1. The van der Waals surface area contributed by atoms with Crippen molar-refractivity contribution in [3.63, 3.8) is 0 Å². The molecule has 2 rings (SSSR count). The number of nitrogens with zero attached hydrogens (tertiary/aromatic N) is 3. The summed E-state index contributed by atoms with van der Waals surface area (Å²) in [7, 11) is 0. The minimum absolute atomic E-state index is 0.00681. The minimum atomic E-state index is -0.00681. The number of ether oxygens (including phenoxy) is 1. The van der Waals surface area contributed by atoms with Crippen molar-refractivity contribution in [2.45, 2.75) is 37.8 Å². The summed E-state index contributed by atoms with van der Waals surface area (Å²) in [5.74, 6) is 6.45. The molecule has 2 aromatic rings. The maximum atomic E-state index is 5.50. The zero-order valence-corrected chi connectivity index (χ0v) is 13.1. The Hall–Kier alpha value is -1.86. The van der Waals surface area contributed by atoms with Gasteiger partial charge in [-0.1, -0.05) is 41.6 Å². The van der Waals surface area contributed by atoms with E-state index >= 15 is 0 Å². The van der Waals surface area contributed by atoms with Crippen LogP contribution in [-0.2, 0) is 5.75 Å². The Morgan fingerprint density at radius 3 is 2.76 bits per heavy atom. The molecule has 0 aliphatic carbocycles. The van der Waals surface area contributed by atoms with E-state index in [0.717, 1.165) is 5.75 Å². The number of aryl methyl sites for hydroxylation is 1. The first kappa shape index (κ1) is 15.5. The standard InChI is InChI=1S/C14H19N5OS/c1-9(2)20-13-16-12(19-15)17-14(18-13)21-8-11-6-4-5-10(3)7-11/h4-7,9H,8,15H2,1-3H3,(H,16,17,18,19). The fourth-order valence-corrected chi connectivity index (χ4v) is 2.45. The molecule has 0 radical (unpaired) electrons. The van der Waals surface area contributed by atoms with Gasteiger partial charge in [-0.3, -0.25) is 5.43 Å². The number of anilines is 1. The molecule has 3 N–H and O–H groups in total. The van der Waals surface area contributed by atoms with E-state index < -0.39 is 0 Å². The molecule has 0 unspecified atom stereocenters.